The molecule has 0 aliphatic rings. The van der Waals surface area contributed by atoms with Crippen LogP contribution >= 0.6 is 0 Å². The number of nitrogens with zero attached hydrogens (tertiary/aromatic N) is 1. The predicted octanol–water partition coefficient (Wildman–Crippen LogP) is 4.72. The molecule has 0 spiro atoms. The van der Waals surface area contributed by atoms with Crippen LogP contribution in [0, 0.1) is 30.6 Å². The second-order valence-corrected chi connectivity index (χ2v) is 6.20. The quantitative estimate of drug-likeness (QED) is 0.389. The summed E-state index contributed by atoms with van der Waals surface area (Å²) in [5, 5.41) is 14.3. The summed E-state index contributed by atoms with van der Waals surface area (Å²) >= 11 is 0. The van der Waals surface area contributed by atoms with Gasteiger partial charge in [0.05, 0.1) is 5.56 Å². The molecule has 6 nitrogen and oxygen atoms in total. The fraction of sp³-hybridized carbons (Fsp3) is 0.100. The first kappa shape index (κ1) is 18.2. The number of nitrogens with one attached hydrogen (secondary N) is 4. The third kappa shape index (κ3) is 3.67. The number of anilines is 1. The zero-order valence-corrected chi connectivity index (χ0v) is 14.9. The van der Waals surface area contributed by atoms with E-state index in [1.54, 1.807) is 19.1 Å². The lowest BCUT2D eigenvalue weighted by molar-refractivity contribution is 0.620. The van der Waals surface area contributed by atoms with Crippen molar-refractivity contribution in [1.82, 2.24) is 4.98 Å². The van der Waals surface area contributed by atoms with Crippen molar-refractivity contribution in [3.8, 4) is 0 Å². The summed E-state index contributed by atoms with van der Waals surface area (Å²) in [4.78, 5) is 15.1. The van der Waals surface area contributed by atoms with Gasteiger partial charge in [-0.2, -0.15) is 5.11 Å². The van der Waals surface area contributed by atoms with E-state index in [-0.39, 0.29) is 17.1 Å². The van der Waals surface area contributed by atoms with Crippen LogP contribution in [0.25, 0.3) is 16.6 Å². The third-order valence-electron chi connectivity index (χ3n) is 4.33. The fourth-order valence-corrected chi connectivity index (χ4v) is 2.73. The number of H-pyrrole nitrogens is 1. The monoisotopic (exact) mass is 363 g/mol. The molecule has 0 amide bonds. The van der Waals surface area contributed by atoms with E-state index in [9.17, 15) is 9.18 Å². The van der Waals surface area contributed by atoms with Crippen molar-refractivity contribution in [3.63, 3.8) is 0 Å². The summed E-state index contributed by atoms with van der Waals surface area (Å²) in [5.74, 6) is -0.370. The van der Waals surface area contributed by atoms with Crippen LogP contribution in [0.5, 0.6) is 0 Å². The largest absolute Gasteiger partial charge is 0.360 e. The lowest BCUT2D eigenvalue weighted by atomic mass is 10.1. The Morgan fingerprint density at radius 2 is 1.96 bits per heavy atom. The minimum Gasteiger partial charge on any atom is -0.360 e. The van der Waals surface area contributed by atoms with Gasteiger partial charge in [-0.1, -0.05) is 6.07 Å². The molecule has 1 heterocycles. The van der Waals surface area contributed by atoms with E-state index in [0.717, 1.165) is 11.1 Å². The van der Waals surface area contributed by atoms with Gasteiger partial charge in [-0.15, -0.1) is 0 Å². The van der Waals surface area contributed by atoms with Crippen molar-refractivity contribution in [1.29, 1.82) is 10.9 Å². The van der Waals surface area contributed by atoms with E-state index in [1.807, 2.05) is 19.1 Å². The van der Waals surface area contributed by atoms with Crippen molar-refractivity contribution in [2.45, 2.75) is 13.8 Å². The van der Waals surface area contributed by atoms with Crippen LogP contribution in [0.15, 0.2) is 52.5 Å². The third-order valence-corrected chi connectivity index (χ3v) is 4.33. The Hall–Kier alpha value is -3.61. The highest BCUT2D eigenvalue weighted by atomic mass is 19.1. The van der Waals surface area contributed by atoms with Gasteiger partial charge in [0.1, 0.15) is 11.5 Å². The minimum atomic E-state index is -0.415. The molecule has 0 aliphatic carbocycles. The predicted molar refractivity (Wildman–Crippen MR) is 105 cm³/mol. The van der Waals surface area contributed by atoms with Crippen molar-refractivity contribution in [2.75, 3.05) is 5.32 Å². The molecule has 0 bridgehead atoms. The van der Waals surface area contributed by atoms with E-state index >= 15 is 0 Å². The maximum absolute atomic E-state index is 13.8. The number of hydrogen-bond acceptors (Lipinski definition) is 5. The molecule has 3 aromatic rings. The molecule has 0 fully saturated rings. The van der Waals surface area contributed by atoms with Crippen LogP contribution in [-0.2, 0) is 0 Å². The number of aromatic amines is 1. The van der Waals surface area contributed by atoms with Crippen molar-refractivity contribution in [2.24, 2.45) is 5.11 Å². The van der Waals surface area contributed by atoms with Crippen LogP contribution < -0.4 is 10.9 Å². The van der Waals surface area contributed by atoms with Crippen LogP contribution in [0.3, 0.4) is 0 Å². The highest BCUT2D eigenvalue weighted by Crippen LogP contribution is 2.21. The summed E-state index contributed by atoms with van der Waals surface area (Å²) in [7, 11) is 0. The summed E-state index contributed by atoms with van der Waals surface area (Å²) in [6.45, 7) is 3.53. The number of rotatable bonds is 5. The van der Waals surface area contributed by atoms with Gasteiger partial charge in [-0.05, 0) is 60.9 Å². The summed E-state index contributed by atoms with van der Waals surface area (Å²) in [6.07, 6.45) is 2.69. The van der Waals surface area contributed by atoms with E-state index in [0.29, 0.717) is 22.2 Å². The number of pyridine rings is 1. The highest BCUT2D eigenvalue weighted by Gasteiger charge is 2.10. The Kier molecular flexibility index (Phi) is 4.94. The second kappa shape index (κ2) is 7.33. The smallest absolute Gasteiger partial charge is 0.258 e. The van der Waals surface area contributed by atoms with E-state index in [2.05, 4.69) is 15.4 Å². The van der Waals surface area contributed by atoms with Crippen LogP contribution in [0.2, 0.25) is 0 Å². The van der Waals surface area contributed by atoms with Gasteiger partial charge in [0.15, 0.2) is 0 Å². The van der Waals surface area contributed by atoms with Gasteiger partial charge < -0.3 is 15.7 Å². The maximum Gasteiger partial charge on any atom is 0.258 e. The first-order chi connectivity index (χ1) is 12.9. The van der Waals surface area contributed by atoms with Gasteiger partial charge in [0, 0.05) is 29.0 Å². The number of halogens is 1. The molecule has 0 saturated carbocycles. The Bertz CT molecular complexity index is 1150. The number of aryl methyl sites for hydroxylation is 2. The average molecular weight is 363 g/mol. The normalized spacial score (nSPS) is 11.4. The molecule has 0 aliphatic heterocycles. The maximum atomic E-state index is 13.8. The van der Waals surface area contributed by atoms with Crippen molar-refractivity contribution >= 4 is 28.5 Å². The average Bonchev–Trinajstić information content (AvgIpc) is 2.65. The van der Waals surface area contributed by atoms with Gasteiger partial charge in [-0.25, -0.2) is 9.92 Å². The molecule has 0 atom stereocenters. The first-order valence-electron chi connectivity index (χ1n) is 8.22. The second-order valence-electron chi connectivity index (χ2n) is 6.20. The SMILES string of the molecule is Cc1cc2[nH]c(=O)c(/C(=C/Nc3ccc(C)c(C=N)c3)N=N)cc2cc1F. The number of aromatic nitrogens is 1. The van der Waals surface area contributed by atoms with Gasteiger partial charge >= 0.3 is 0 Å². The molecule has 4 N–H and O–H groups in total. The van der Waals surface area contributed by atoms with Gasteiger partial charge in [0.2, 0.25) is 0 Å². The van der Waals surface area contributed by atoms with Crippen LogP contribution in [0.4, 0.5) is 10.1 Å². The zero-order valence-electron chi connectivity index (χ0n) is 14.9. The van der Waals surface area contributed by atoms with E-state index in [4.69, 9.17) is 10.9 Å². The van der Waals surface area contributed by atoms with Crippen LogP contribution in [-0.4, -0.2) is 11.2 Å². The Balaban J connectivity index is 2.02. The number of benzene rings is 2. The molecule has 2 aromatic carbocycles. The summed E-state index contributed by atoms with van der Waals surface area (Å²) < 4.78 is 13.8. The Labute approximate surface area is 154 Å². The summed E-state index contributed by atoms with van der Waals surface area (Å²) in [6, 6.07) is 9.89. The van der Waals surface area contributed by atoms with E-state index in [1.165, 1.54) is 24.5 Å². The fourth-order valence-electron chi connectivity index (χ4n) is 2.73. The van der Waals surface area contributed by atoms with Crippen molar-refractivity contribution < 1.29 is 4.39 Å². The lowest BCUT2D eigenvalue weighted by Crippen LogP contribution is -2.12. The van der Waals surface area contributed by atoms with Gasteiger partial charge in [-0.3, -0.25) is 4.79 Å². The van der Waals surface area contributed by atoms with Crippen molar-refractivity contribution in [3.05, 3.63) is 81.0 Å². The van der Waals surface area contributed by atoms with Crippen LogP contribution in [0.1, 0.15) is 22.3 Å². The highest BCUT2D eigenvalue weighted by molar-refractivity contribution is 5.84. The molecular formula is C20H18FN5O. The first-order valence-corrected chi connectivity index (χ1v) is 8.22. The molecular weight excluding hydrogens is 345 g/mol. The topological polar surface area (TPSA) is 105 Å². The molecule has 3 rings (SSSR count). The molecule has 7 heteroatoms. The van der Waals surface area contributed by atoms with E-state index < -0.39 is 5.56 Å². The number of hydrogen-bond donors (Lipinski definition) is 4. The molecule has 0 radical (unpaired) electrons. The number of fused-ring (bicyclic) bond motifs is 1. The Morgan fingerprint density at radius 1 is 1.19 bits per heavy atom. The molecule has 0 unspecified atom stereocenters. The molecule has 0 saturated heterocycles. The zero-order chi connectivity index (χ0) is 19.6. The standard InChI is InChI=1S/C20H18FN5O/c1-11-3-4-15(6-14(11)9-22)24-10-19(26-23)16-7-13-8-17(21)12(2)5-18(13)25-20(16)27/h3-10,22-24H,1-2H3,(H,25,27)/b19-10-,22-9?,26-23?. The molecule has 27 heavy (non-hydrogen) atoms. The molecule has 136 valence electrons. The molecule has 1 aromatic heterocycles. The minimum absolute atomic E-state index is 0.108. The summed E-state index contributed by atoms with van der Waals surface area (Å²) in [5.41, 5.74) is 10.6. The van der Waals surface area contributed by atoms with Gasteiger partial charge in [0.25, 0.3) is 5.56 Å². The Morgan fingerprint density at radius 3 is 2.67 bits per heavy atom. The lowest BCUT2D eigenvalue weighted by Gasteiger charge is -2.07.